The van der Waals surface area contributed by atoms with Crippen molar-refractivity contribution in [3.63, 3.8) is 0 Å². The maximum Gasteiger partial charge on any atom is 0.156 e. The first kappa shape index (κ1) is 10.4. The van der Waals surface area contributed by atoms with E-state index in [-0.39, 0.29) is 10.6 Å². The minimum atomic E-state index is -0.395. The van der Waals surface area contributed by atoms with Crippen LogP contribution in [0.4, 0.5) is 4.39 Å². The minimum absolute atomic E-state index is 0.135. The third-order valence-corrected chi connectivity index (χ3v) is 3.57. The Hall–Kier alpha value is -0.120. The van der Waals surface area contributed by atoms with Gasteiger partial charge >= 0.3 is 0 Å². The van der Waals surface area contributed by atoms with E-state index >= 15 is 0 Å². The van der Waals surface area contributed by atoms with Crippen LogP contribution in [0.5, 0.6) is 0 Å². The molecular formula is C10H10BrClFN. The molecule has 0 atom stereocenters. The van der Waals surface area contributed by atoms with Gasteiger partial charge in [-0.1, -0.05) is 17.7 Å². The summed E-state index contributed by atoms with van der Waals surface area (Å²) < 4.78 is 13.8. The van der Waals surface area contributed by atoms with E-state index in [2.05, 4.69) is 15.9 Å². The molecule has 0 aliphatic heterocycles. The van der Waals surface area contributed by atoms with Crippen LogP contribution >= 0.6 is 27.5 Å². The monoisotopic (exact) mass is 277 g/mol. The lowest BCUT2D eigenvalue weighted by Gasteiger charge is -2.11. The Labute approximate surface area is 95.6 Å². The van der Waals surface area contributed by atoms with Crippen molar-refractivity contribution in [1.82, 2.24) is 0 Å². The molecule has 0 amide bonds. The van der Waals surface area contributed by atoms with Gasteiger partial charge in [-0.3, -0.25) is 0 Å². The largest absolute Gasteiger partial charge is 0.325 e. The summed E-state index contributed by atoms with van der Waals surface area (Å²) in [6.07, 6.45) is 2.66. The Kier molecular flexibility index (Phi) is 2.58. The first-order valence-electron chi connectivity index (χ1n) is 4.43. The van der Waals surface area contributed by atoms with E-state index in [0.717, 1.165) is 18.4 Å². The highest BCUT2D eigenvalue weighted by atomic mass is 79.9. The van der Waals surface area contributed by atoms with Crippen molar-refractivity contribution in [2.45, 2.75) is 24.8 Å². The van der Waals surface area contributed by atoms with Crippen LogP contribution in [0.3, 0.4) is 0 Å². The second-order valence-electron chi connectivity index (χ2n) is 3.87. The number of hydrogen-bond donors (Lipinski definition) is 1. The van der Waals surface area contributed by atoms with Crippen molar-refractivity contribution in [3.8, 4) is 0 Å². The summed E-state index contributed by atoms with van der Waals surface area (Å²) in [5.41, 5.74) is 6.61. The number of halogens is 3. The van der Waals surface area contributed by atoms with Crippen LogP contribution in [0.15, 0.2) is 16.6 Å². The predicted molar refractivity (Wildman–Crippen MR) is 59.0 cm³/mol. The van der Waals surface area contributed by atoms with Crippen LogP contribution in [-0.2, 0) is 6.42 Å². The molecule has 14 heavy (non-hydrogen) atoms. The molecular weight excluding hydrogens is 268 g/mol. The molecule has 76 valence electrons. The SMILES string of the molecule is NC1(Cc2ccc(Br)c(F)c2Cl)CC1. The summed E-state index contributed by atoms with van der Waals surface area (Å²) >= 11 is 8.96. The van der Waals surface area contributed by atoms with E-state index < -0.39 is 5.82 Å². The molecule has 2 N–H and O–H groups in total. The van der Waals surface area contributed by atoms with Gasteiger partial charge in [0.1, 0.15) is 0 Å². The summed E-state index contributed by atoms with van der Waals surface area (Å²) in [6.45, 7) is 0. The van der Waals surface area contributed by atoms with Gasteiger partial charge in [-0.25, -0.2) is 4.39 Å². The zero-order chi connectivity index (χ0) is 10.3. The smallest absolute Gasteiger partial charge is 0.156 e. The maximum atomic E-state index is 13.4. The van der Waals surface area contributed by atoms with E-state index in [1.54, 1.807) is 6.07 Å². The quantitative estimate of drug-likeness (QED) is 0.826. The van der Waals surface area contributed by atoms with Gasteiger partial charge in [0.2, 0.25) is 0 Å². The summed E-state index contributed by atoms with van der Waals surface area (Å²) in [4.78, 5) is 0. The fourth-order valence-corrected chi connectivity index (χ4v) is 2.10. The summed E-state index contributed by atoms with van der Waals surface area (Å²) in [7, 11) is 0. The lowest BCUT2D eigenvalue weighted by atomic mass is 10.1. The van der Waals surface area contributed by atoms with Gasteiger partial charge in [-0.2, -0.15) is 0 Å². The molecule has 1 fully saturated rings. The second kappa shape index (κ2) is 3.47. The highest BCUT2D eigenvalue weighted by molar-refractivity contribution is 9.10. The molecule has 1 saturated carbocycles. The van der Waals surface area contributed by atoms with Gasteiger partial charge in [0.15, 0.2) is 5.82 Å². The third-order valence-electron chi connectivity index (χ3n) is 2.55. The number of hydrogen-bond acceptors (Lipinski definition) is 1. The van der Waals surface area contributed by atoms with Crippen LogP contribution in [-0.4, -0.2) is 5.54 Å². The van der Waals surface area contributed by atoms with Gasteiger partial charge in [0, 0.05) is 5.54 Å². The van der Waals surface area contributed by atoms with Crippen molar-refractivity contribution >= 4 is 27.5 Å². The molecule has 4 heteroatoms. The van der Waals surface area contributed by atoms with E-state index in [1.165, 1.54) is 0 Å². The van der Waals surface area contributed by atoms with Crippen molar-refractivity contribution in [2.24, 2.45) is 5.73 Å². The summed E-state index contributed by atoms with van der Waals surface area (Å²) in [5, 5.41) is 0.191. The molecule has 1 aromatic carbocycles. The van der Waals surface area contributed by atoms with Crippen LogP contribution in [0, 0.1) is 5.82 Å². The Morgan fingerprint density at radius 1 is 1.50 bits per heavy atom. The zero-order valence-corrected chi connectivity index (χ0v) is 9.83. The molecule has 0 heterocycles. The third kappa shape index (κ3) is 1.95. The molecule has 1 nitrogen and oxygen atoms in total. The average Bonchev–Trinajstić information content (AvgIpc) is 2.86. The van der Waals surface area contributed by atoms with Crippen molar-refractivity contribution in [3.05, 3.63) is 33.0 Å². The zero-order valence-electron chi connectivity index (χ0n) is 7.49. The Morgan fingerprint density at radius 2 is 2.14 bits per heavy atom. The minimum Gasteiger partial charge on any atom is -0.325 e. The van der Waals surface area contributed by atoms with Crippen LogP contribution < -0.4 is 5.73 Å². The first-order chi connectivity index (χ1) is 6.52. The molecule has 0 unspecified atom stereocenters. The molecule has 2 rings (SSSR count). The Bertz CT molecular complexity index is 377. The molecule has 1 aromatic rings. The number of nitrogens with two attached hydrogens (primary N) is 1. The lowest BCUT2D eigenvalue weighted by molar-refractivity contribution is 0.612. The molecule has 0 saturated heterocycles. The van der Waals surface area contributed by atoms with Gasteiger partial charge in [-0.05, 0) is 46.8 Å². The van der Waals surface area contributed by atoms with Gasteiger partial charge in [0.25, 0.3) is 0 Å². The van der Waals surface area contributed by atoms with Crippen LogP contribution in [0.2, 0.25) is 5.02 Å². The topological polar surface area (TPSA) is 26.0 Å². The molecule has 1 aliphatic carbocycles. The second-order valence-corrected chi connectivity index (χ2v) is 5.11. The first-order valence-corrected chi connectivity index (χ1v) is 5.60. The highest BCUT2D eigenvalue weighted by Gasteiger charge is 2.38. The van der Waals surface area contributed by atoms with Crippen LogP contribution in [0.1, 0.15) is 18.4 Å². The molecule has 1 aliphatic rings. The van der Waals surface area contributed by atoms with E-state index in [9.17, 15) is 4.39 Å². The molecule has 0 radical (unpaired) electrons. The maximum absolute atomic E-state index is 13.4. The average molecular weight is 279 g/mol. The lowest BCUT2D eigenvalue weighted by Crippen LogP contribution is -2.24. The number of benzene rings is 1. The summed E-state index contributed by atoms with van der Waals surface area (Å²) in [6, 6.07) is 3.49. The van der Waals surface area contributed by atoms with Crippen molar-refractivity contribution in [2.75, 3.05) is 0 Å². The molecule has 0 spiro atoms. The van der Waals surface area contributed by atoms with E-state index in [0.29, 0.717) is 10.9 Å². The standard InChI is InChI=1S/C10H10BrClFN/c11-7-2-1-6(8(12)9(7)13)5-10(14)3-4-10/h1-2H,3-5,14H2. The predicted octanol–water partition coefficient (Wildman–Crippen LogP) is 3.28. The Morgan fingerprint density at radius 3 is 2.71 bits per heavy atom. The van der Waals surface area contributed by atoms with Gasteiger partial charge in [-0.15, -0.1) is 0 Å². The summed E-state index contributed by atoms with van der Waals surface area (Å²) in [5.74, 6) is -0.395. The molecule has 0 bridgehead atoms. The Balaban J connectivity index is 2.30. The van der Waals surface area contributed by atoms with E-state index in [1.807, 2.05) is 6.07 Å². The fraction of sp³-hybridized carbons (Fsp3) is 0.400. The van der Waals surface area contributed by atoms with Gasteiger partial charge in [0.05, 0.1) is 9.50 Å². The van der Waals surface area contributed by atoms with Crippen molar-refractivity contribution < 1.29 is 4.39 Å². The van der Waals surface area contributed by atoms with Crippen LogP contribution in [0.25, 0.3) is 0 Å². The number of rotatable bonds is 2. The molecule has 0 aromatic heterocycles. The fourth-order valence-electron chi connectivity index (χ4n) is 1.42. The normalized spacial score (nSPS) is 18.3. The van der Waals surface area contributed by atoms with Crippen molar-refractivity contribution in [1.29, 1.82) is 0 Å². The van der Waals surface area contributed by atoms with Gasteiger partial charge < -0.3 is 5.73 Å². The van der Waals surface area contributed by atoms with E-state index in [4.69, 9.17) is 17.3 Å². The highest BCUT2D eigenvalue weighted by Crippen LogP contribution is 2.38.